The molecular formula is C57H67F3N10O4. The second kappa shape index (κ2) is 21.2. The highest BCUT2D eigenvalue weighted by atomic mass is 19.3. The van der Waals surface area contributed by atoms with Gasteiger partial charge in [-0.1, -0.05) is 24.3 Å². The van der Waals surface area contributed by atoms with Gasteiger partial charge in [-0.25, -0.2) is 23.1 Å². The number of fused-ring (bicyclic) bond motifs is 2. The minimum atomic E-state index is -2.87. The van der Waals surface area contributed by atoms with Crippen molar-refractivity contribution in [3.63, 3.8) is 0 Å². The van der Waals surface area contributed by atoms with Crippen LogP contribution in [0.4, 0.5) is 18.9 Å². The first-order valence-electron chi connectivity index (χ1n) is 26.6. The van der Waals surface area contributed by atoms with Gasteiger partial charge in [-0.15, -0.1) is 0 Å². The van der Waals surface area contributed by atoms with Gasteiger partial charge >= 0.3 is 0 Å². The Kier molecular flexibility index (Phi) is 14.4. The zero-order valence-corrected chi connectivity index (χ0v) is 42.4. The molecule has 0 spiro atoms. The zero-order chi connectivity index (χ0) is 51.1. The Morgan fingerprint density at radius 2 is 1.59 bits per heavy atom. The van der Waals surface area contributed by atoms with Crippen LogP contribution in [-0.2, 0) is 34.5 Å². The predicted octanol–water partition coefficient (Wildman–Crippen LogP) is 8.44. The predicted molar refractivity (Wildman–Crippen MR) is 278 cm³/mol. The molecule has 0 bridgehead atoms. The van der Waals surface area contributed by atoms with Crippen molar-refractivity contribution in [2.75, 3.05) is 71.3 Å². The molecule has 0 radical (unpaired) electrons. The number of ether oxygens (including phenoxy) is 1. The van der Waals surface area contributed by atoms with Crippen LogP contribution >= 0.6 is 0 Å². The summed E-state index contributed by atoms with van der Waals surface area (Å²) in [6.45, 7) is 6.38. The van der Waals surface area contributed by atoms with E-state index in [9.17, 15) is 14.4 Å². The molecule has 3 aromatic heterocycles. The number of methoxy groups -OCH3 is 1. The smallest absolute Gasteiger partial charge is 0.275 e. The van der Waals surface area contributed by atoms with Gasteiger partial charge < -0.3 is 24.5 Å². The van der Waals surface area contributed by atoms with E-state index >= 15 is 13.2 Å². The van der Waals surface area contributed by atoms with Gasteiger partial charge in [0.25, 0.3) is 11.8 Å². The molecule has 17 heteroatoms. The number of aryl methyl sites for hydroxylation is 1. The number of anilines is 1. The molecule has 3 N–H and O–H groups in total. The Bertz CT molecular complexity index is 3010. The molecule has 5 saturated heterocycles. The molecule has 5 fully saturated rings. The fourth-order valence-corrected chi connectivity index (χ4v) is 12.6. The molecular weight excluding hydrogens is 946 g/mol. The number of H-pyrrole nitrogens is 1. The van der Waals surface area contributed by atoms with E-state index in [-0.39, 0.29) is 42.4 Å². The topological polar surface area (TPSA) is 144 Å². The first-order valence-corrected chi connectivity index (χ1v) is 26.6. The lowest BCUT2D eigenvalue weighted by atomic mass is 9.86. The Labute approximate surface area is 430 Å². The molecule has 5 aliphatic rings. The number of aromatic amines is 1. The van der Waals surface area contributed by atoms with Crippen LogP contribution in [0.5, 0.6) is 0 Å². The number of pyridine rings is 1. The number of amides is 3. The van der Waals surface area contributed by atoms with Gasteiger partial charge in [0, 0.05) is 81.8 Å². The second-order valence-corrected chi connectivity index (χ2v) is 21.5. The number of imidazole rings is 1. The lowest BCUT2D eigenvalue weighted by molar-refractivity contribution is -0.134. The number of carbonyl (C=O) groups is 3. The molecule has 2 atom stereocenters. The van der Waals surface area contributed by atoms with Gasteiger partial charge in [0.2, 0.25) is 11.8 Å². The summed E-state index contributed by atoms with van der Waals surface area (Å²) >= 11 is 0. The fraction of sp³-hybridized carbons (Fsp3) is 0.491. The molecule has 2 unspecified atom stereocenters. The minimum Gasteiger partial charge on any atom is -0.377 e. The summed E-state index contributed by atoms with van der Waals surface area (Å²) in [7, 11) is 3.77. The van der Waals surface area contributed by atoms with Gasteiger partial charge in [-0.2, -0.15) is 0 Å². The van der Waals surface area contributed by atoms with Crippen molar-refractivity contribution < 1.29 is 32.3 Å². The highest BCUT2D eigenvalue weighted by molar-refractivity contribution is 6.01. The number of carbonyl (C=O) groups excluding carboxylic acids is 3. The molecule has 11 rings (SSSR count). The monoisotopic (exact) mass is 1010 g/mol. The van der Waals surface area contributed by atoms with E-state index in [0.717, 1.165) is 84.3 Å². The maximum Gasteiger partial charge on any atom is 0.275 e. The molecule has 14 nitrogen and oxygen atoms in total. The highest BCUT2D eigenvalue weighted by Crippen LogP contribution is 2.39. The number of hydrogen-bond acceptors (Lipinski definition) is 10. The summed E-state index contributed by atoms with van der Waals surface area (Å²) < 4.78 is 54.7. The van der Waals surface area contributed by atoms with E-state index in [2.05, 4.69) is 79.6 Å². The van der Waals surface area contributed by atoms with E-state index in [0.29, 0.717) is 94.3 Å². The lowest BCUT2D eigenvalue weighted by Crippen LogP contribution is -2.60. The largest absolute Gasteiger partial charge is 0.377 e. The number of nitrogens with one attached hydrogen (secondary N) is 3. The van der Waals surface area contributed by atoms with Crippen molar-refractivity contribution in [3.8, 4) is 11.1 Å². The average molecular weight is 1010 g/mol. The number of nitrogens with zero attached hydrogens (tertiary/aromatic N) is 7. The van der Waals surface area contributed by atoms with Crippen LogP contribution in [0.1, 0.15) is 103 Å². The molecule has 390 valence electrons. The Morgan fingerprint density at radius 1 is 0.838 bits per heavy atom. The van der Waals surface area contributed by atoms with E-state index in [1.807, 2.05) is 33.0 Å². The summed E-state index contributed by atoms with van der Waals surface area (Å²) in [5.74, 6) is -2.53. The number of alkyl halides is 2. The number of likely N-dealkylation sites (tertiary alicyclic amines) is 4. The highest BCUT2D eigenvalue weighted by Gasteiger charge is 2.48. The summed E-state index contributed by atoms with van der Waals surface area (Å²) in [6.07, 6.45) is 7.69. The number of aromatic nitrogens is 4. The molecule has 0 saturated carbocycles. The summed E-state index contributed by atoms with van der Waals surface area (Å²) in [5, 5.41) is 6.46. The normalized spacial score (nSPS) is 22.2. The Hall–Kier alpha value is -6.14. The molecule has 6 aromatic rings. The second-order valence-electron chi connectivity index (χ2n) is 21.5. The Balaban J connectivity index is 0.612. The molecule has 5 aliphatic heterocycles. The molecule has 8 heterocycles. The molecule has 0 aliphatic carbocycles. The van der Waals surface area contributed by atoms with Gasteiger partial charge in [0.15, 0.2) is 0 Å². The third-order valence-corrected chi connectivity index (χ3v) is 16.8. The van der Waals surface area contributed by atoms with E-state index < -0.39 is 23.9 Å². The van der Waals surface area contributed by atoms with Crippen LogP contribution in [0, 0.1) is 11.7 Å². The van der Waals surface area contributed by atoms with Crippen molar-refractivity contribution in [3.05, 3.63) is 113 Å². The quantitative estimate of drug-likeness (QED) is 0.0965. The van der Waals surface area contributed by atoms with Crippen molar-refractivity contribution >= 4 is 45.5 Å². The lowest BCUT2D eigenvalue weighted by Gasteiger charge is -2.46. The van der Waals surface area contributed by atoms with Crippen molar-refractivity contribution in [1.29, 1.82) is 0 Å². The number of hydrogen-bond donors (Lipinski definition) is 3. The number of benzene rings is 3. The summed E-state index contributed by atoms with van der Waals surface area (Å²) in [4.78, 5) is 58.4. The minimum absolute atomic E-state index is 0.0353. The van der Waals surface area contributed by atoms with Crippen LogP contribution in [-0.4, -0.2) is 141 Å². The third kappa shape index (κ3) is 10.6. The maximum atomic E-state index is 15.9. The Morgan fingerprint density at radius 3 is 2.32 bits per heavy atom. The first-order chi connectivity index (χ1) is 35.8. The van der Waals surface area contributed by atoms with Crippen LogP contribution < -0.4 is 10.6 Å². The number of rotatable bonds is 13. The fourth-order valence-electron chi connectivity index (χ4n) is 12.6. The van der Waals surface area contributed by atoms with Crippen LogP contribution in [0.3, 0.4) is 0 Å². The van der Waals surface area contributed by atoms with Crippen LogP contribution in [0.15, 0.2) is 79.0 Å². The molecule has 3 aromatic carbocycles. The van der Waals surface area contributed by atoms with Crippen molar-refractivity contribution in [2.45, 2.75) is 101 Å². The van der Waals surface area contributed by atoms with Gasteiger partial charge in [-0.05, 0) is 166 Å². The molecule has 74 heavy (non-hydrogen) atoms. The zero-order valence-electron chi connectivity index (χ0n) is 42.4. The van der Waals surface area contributed by atoms with Gasteiger partial charge in [0.05, 0.1) is 23.6 Å². The van der Waals surface area contributed by atoms with E-state index in [1.165, 1.54) is 17.3 Å². The van der Waals surface area contributed by atoms with Crippen molar-refractivity contribution in [2.24, 2.45) is 13.0 Å². The summed E-state index contributed by atoms with van der Waals surface area (Å²) in [6, 6.07) is 22.3. The van der Waals surface area contributed by atoms with Crippen LogP contribution in [0.25, 0.3) is 33.2 Å². The van der Waals surface area contributed by atoms with E-state index in [1.54, 1.807) is 19.2 Å². The number of halogens is 3. The van der Waals surface area contributed by atoms with Crippen LogP contribution in [0.2, 0.25) is 0 Å². The number of imide groups is 1. The van der Waals surface area contributed by atoms with Crippen molar-refractivity contribution in [1.82, 2.24) is 44.4 Å². The SMILES string of the molecule is COCc1nc2ccc(-c3ccnc4c3cc(CN3CCC(c5ccc(C(=O)N6CCC(CN7CCC(N8CCC(c9ccc(NC%10CCC(=O)NC%10=O)cc9F)CC8)C(F)(F)C7)CC6)cc5)CC3)n4C)cc2[nH]1. The van der Waals surface area contributed by atoms with Gasteiger partial charge in [0.1, 0.15) is 29.9 Å². The first kappa shape index (κ1) is 50.0. The average Bonchev–Trinajstić information content (AvgIpc) is 3.96. The van der Waals surface area contributed by atoms with E-state index in [4.69, 9.17) is 9.72 Å². The standard InChI is InChI=1S/C57H67F3N10O4/c1-66-43(31-46-44(13-21-61-54(46)66)41-7-10-48-50(29-41)64-52(63-48)34-74-2)33-67-22-16-38(17-23-67)37-3-5-40(6-4-37)56(73)70-25-14-36(15-26-70)32-68-24-20-51(57(59,60)35-68)69-27-18-39(19-28-69)45-9-8-42(30-47(45)58)62-49-11-12-53(71)65-55(49)72/h3-10,13,21,29-31,36,38-39,49,51,62H,11-12,14-20,22-28,32-35H2,1-2H3,(H,63,64)(H,65,71,72). The summed E-state index contributed by atoms with van der Waals surface area (Å²) in [5.41, 5.74) is 9.34. The van der Waals surface area contributed by atoms with Gasteiger partial charge in [-0.3, -0.25) is 34.4 Å². The number of piperidine rings is 5. The maximum absolute atomic E-state index is 15.9. The molecule has 3 amide bonds. The third-order valence-electron chi connectivity index (χ3n) is 16.8.